The lowest BCUT2D eigenvalue weighted by atomic mass is 10.0. The predicted octanol–water partition coefficient (Wildman–Crippen LogP) is 3.96. The molecule has 2 aromatic carbocycles. The van der Waals surface area contributed by atoms with Crippen LogP contribution in [0.2, 0.25) is 0 Å². The van der Waals surface area contributed by atoms with Gasteiger partial charge in [-0.15, -0.1) is 6.42 Å². The van der Waals surface area contributed by atoms with Gasteiger partial charge in [0.05, 0.1) is 6.61 Å². The van der Waals surface area contributed by atoms with E-state index >= 15 is 0 Å². The fourth-order valence-corrected chi connectivity index (χ4v) is 1.96. The van der Waals surface area contributed by atoms with Crippen LogP contribution in [-0.4, -0.2) is 19.0 Å². The molecular formula is C20H20O3. The number of carbonyl (C=O) groups is 1. The van der Waals surface area contributed by atoms with E-state index in [1.165, 1.54) is 0 Å². The lowest BCUT2D eigenvalue weighted by Gasteiger charge is -2.09. The third-order valence-electron chi connectivity index (χ3n) is 3.14. The fraction of sp³-hybridized carbons (Fsp3) is 0.250. The third-order valence-corrected chi connectivity index (χ3v) is 3.14. The fourth-order valence-electron chi connectivity index (χ4n) is 1.96. The smallest absolute Gasteiger partial charge is 0.193 e. The SMILES string of the molecule is C#CCOc1ccc(C(=O)c2ccc(OCC(C)C)cc2)cc1. The lowest BCUT2D eigenvalue weighted by Crippen LogP contribution is -2.05. The van der Waals surface area contributed by atoms with E-state index in [1.54, 1.807) is 36.4 Å². The molecule has 0 bridgehead atoms. The average molecular weight is 308 g/mol. The average Bonchev–Trinajstić information content (AvgIpc) is 2.58. The van der Waals surface area contributed by atoms with E-state index in [4.69, 9.17) is 15.9 Å². The Morgan fingerprint density at radius 1 is 0.957 bits per heavy atom. The van der Waals surface area contributed by atoms with Gasteiger partial charge in [-0.1, -0.05) is 19.8 Å². The van der Waals surface area contributed by atoms with Gasteiger partial charge in [-0.25, -0.2) is 0 Å². The normalized spacial score (nSPS) is 10.2. The Morgan fingerprint density at radius 3 is 1.87 bits per heavy atom. The van der Waals surface area contributed by atoms with Gasteiger partial charge in [0.25, 0.3) is 0 Å². The van der Waals surface area contributed by atoms with E-state index in [2.05, 4.69) is 19.8 Å². The maximum absolute atomic E-state index is 12.4. The van der Waals surface area contributed by atoms with Gasteiger partial charge < -0.3 is 9.47 Å². The molecule has 0 radical (unpaired) electrons. The molecule has 3 heteroatoms. The largest absolute Gasteiger partial charge is 0.493 e. The van der Waals surface area contributed by atoms with Crippen molar-refractivity contribution in [2.45, 2.75) is 13.8 Å². The van der Waals surface area contributed by atoms with Crippen LogP contribution in [-0.2, 0) is 0 Å². The number of ketones is 1. The second-order valence-corrected chi connectivity index (χ2v) is 5.58. The molecular weight excluding hydrogens is 288 g/mol. The minimum Gasteiger partial charge on any atom is -0.493 e. The summed E-state index contributed by atoms with van der Waals surface area (Å²) < 4.78 is 10.9. The summed E-state index contributed by atoms with van der Waals surface area (Å²) in [7, 11) is 0. The Labute approximate surface area is 137 Å². The molecule has 23 heavy (non-hydrogen) atoms. The number of rotatable bonds is 7. The molecule has 0 N–H and O–H groups in total. The van der Waals surface area contributed by atoms with Crippen LogP contribution in [0.15, 0.2) is 48.5 Å². The number of terminal acetylenes is 1. The van der Waals surface area contributed by atoms with E-state index < -0.39 is 0 Å². The number of carbonyl (C=O) groups excluding carboxylic acids is 1. The van der Waals surface area contributed by atoms with Crippen molar-refractivity contribution in [1.29, 1.82) is 0 Å². The molecule has 3 nitrogen and oxygen atoms in total. The van der Waals surface area contributed by atoms with E-state index in [-0.39, 0.29) is 12.4 Å². The molecule has 0 aliphatic carbocycles. The molecule has 0 unspecified atom stereocenters. The lowest BCUT2D eigenvalue weighted by molar-refractivity contribution is 0.103. The van der Waals surface area contributed by atoms with Crippen LogP contribution >= 0.6 is 0 Å². The van der Waals surface area contributed by atoms with Crippen LogP contribution in [0.1, 0.15) is 29.8 Å². The number of hydrogen-bond donors (Lipinski definition) is 0. The molecule has 2 rings (SSSR count). The standard InChI is InChI=1S/C20H20O3/c1-4-13-22-18-9-5-16(6-10-18)20(21)17-7-11-19(12-8-17)23-14-15(2)3/h1,5-12,15H,13-14H2,2-3H3. The summed E-state index contributed by atoms with van der Waals surface area (Å²) in [4.78, 5) is 12.4. The highest BCUT2D eigenvalue weighted by Crippen LogP contribution is 2.18. The minimum absolute atomic E-state index is 0.0380. The summed E-state index contributed by atoms with van der Waals surface area (Å²) in [6.45, 7) is 5.06. The van der Waals surface area contributed by atoms with Crippen LogP contribution in [0.3, 0.4) is 0 Å². The highest BCUT2D eigenvalue weighted by molar-refractivity contribution is 6.09. The molecule has 0 aliphatic heterocycles. The first kappa shape index (κ1) is 16.6. The van der Waals surface area contributed by atoms with E-state index in [1.807, 2.05) is 12.1 Å². The minimum atomic E-state index is -0.0380. The van der Waals surface area contributed by atoms with Crippen molar-refractivity contribution in [3.8, 4) is 23.8 Å². The zero-order chi connectivity index (χ0) is 16.7. The molecule has 0 atom stereocenters. The Kier molecular flexibility index (Phi) is 5.82. The van der Waals surface area contributed by atoms with Gasteiger partial charge in [-0.2, -0.15) is 0 Å². The van der Waals surface area contributed by atoms with Crippen molar-refractivity contribution < 1.29 is 14.3 Å². The molecule has 0 saturated carbocycles. The molecule has 2 aromatic rings. The summed E-state index contributed by atoms with van der Waals surface area (Å²) in [5, 5.41) is 0. The zero-order valence-electron chi connectivity index (χ0n) is 13.4. The van der Waals surface area contributed by atoms with Gasteiger partial charge in [0.15, 0.2) is 5.78 Å². The van der Waals surface area contributed by atoms with E-state index in [0.717, 1.165) is 5.75 Å². The Hall–Kier alpha value is -2.73. The maximum Gasteiger partial charge on any atom is 0.193 e. The second kappa shape index (κ2) is 8.05. The van der Waals surface area contributed by atoms with Crippen LogP contribution in [0.5, 0.6) is 11.5 Å². The van der Waals surface area contributed by atoms with Gasteiger partial charge in [0.1, 0.15) is 18.1 Å². The number of ether oxygens (including phenoxy) is 2. The first-order valence-corrected chi connectivity index (χ1v) is 7.54. The molecule has 0 heterocycles. The zero-order valence-corrected chi connectivity index (χ0v) is 13.4. The highest BCUT2D eigenvalue weighted by atomic mass is 16.5. The van der Waals surface area contributed by atoms with Crippen molar-refractivity contribution in [1.82, 2.24) is 0 Å². The Morgan fingerprint density at radius 2 is 1.43 bits per heavy atom. The summed E-state index contributed by atoms with van der Waals surface area (Å²) in [5.41, 5.74) is 1.23. The molecule has 0 fully saturated rings. The monoisotopic (exact) mass is 308 g/mol. The van der Waals surface area contributed by atoms with Gasteiger partial charge in [0.2, 0.25) is 0 Å². The second-order valence-electron chi connectivity index (χ2n) is 5.58. The van der Waals surface area contributed by atoms with Crippen molar-refractivity contribution in [3.63, 3.8) is 0 Å². The van der Waals surface area contributed by atoms with Crippen LogP contribution in [0.25, 0.3) is 0 Å². The summed E-state index contributed by atoms with van der Waals surface area (Å²) >= 11 is 0. The van der Waals surface area contributed by atoms with Crippen molar-refractivity contribution in [2.75, 3.05) is 13.2 Å². The summed E-state index contributed by atoms with van der Waals surface area (Å²) in [6, 6.07) is 14.1. The molecule has 0 saturated heterocycles. The van der Waals surface area contributed by atoms with Crippen molar-refractivity contribution >= 4 is 5.78 Å². The predicted molar refractivity (Wildman–Crippen MR) is 91.0 cm³/mol. The van der Waals surface area contributed by atoms with Crippen molar-refractivity contribution in [3.05, 3.63) is 59.7 Å². The van der Waals surface area contributed by atoms with Crippen LogP contribution in [0, 0.1) is 18.3 Å². The Bertz CT molecular complexity index is 676. The summed E-state index contributed by atoms with van der Waals surface area (Å²) in [5.74, 6) is 4.25. The summed E-state index contributed by atoms with van der Waals surface area (Å²) in [6.07, 6.45) is 5.14. The first-order chi connectivity index (χ1) is 11.1. The molecule has 0 amide bonds. The number of hydrogen-bond acceptors (Lipinski definition) is 3. The molecule has 0 aliphatic rings. The topological polar surface area (TPSA) is 35.5 Å². The first-order valence-electron chi connectivity index (χ1n) is 7.54. The third kappa shape index (κ3) is 4.89. The quantitative estimate of drug-likeness (QED) is 0.573. The van der Waals surface area contributed by atoms with Crippen LogP contribution < -0.4 is 9.47 Å². The molecule has 0 aromatic heterocycles. The number of benzene rings is 2. The van der Waals surface area contributed by atoms with Gasteiger partial charge in [-0.05, 0) is 54.4 Å². The van der Waals surface area contributed by atoms with Crippen molar-refractivity contribution in [2.24, 2.45) is 5.92 Å². The van der Waals surface area contributed by atoms with Crippen LogP contribution in [0.4, 0.5) is 0 Å². The van der Waals surface area contributed by atoms with Gasteiger partial charge >= 0.3 is 0 Å². The van der Waals surface area contributed by atoms with Gasteiger partial charge in [0, 0.05) is 11.1 Å². The van der Waals surface area contributed by atoms with E-state index in [0.29, 0.717) is 29.4 Å². The van der Waals surface area contributed by atoms with E-state index in [9.17, 15) is 4.79 Å². The van der Waals surface area contributed by atoms with Gasteiger partial charge in [-0.3, -0.25) is 4.79 Å². The molecule has 0 spiro atoms. The highest BCUT2D eigenvalue weighted by Gasteiger charge is 2.09. The Balaban J connectivity index is 2.03. The maximum atomic E-state index is 12.4. The molecule has 118 valence electrons.